The quantitative estimate of drug-likeness (QED) is 0.366. The number of nitrogens with zero attached hydrogens (tertiary/aromatic N) is 4. The van der Waals surface area contributed by atoms with Crippen molar-refractivity contribution in [1.82, 2.24) is 14.8 Å². The molecule has 2 aliphatic rings. The first-order valence-corrected chi connectivity index (χ1v) is 14.1. The maximum atomic E-state index is 13.4. The van der Waals surface area contributed by atoms with Crippen molar-refractivity contribution in [3.05, 3.63) is 99.5 Å². The van der Waals surface area contributed by atoms with Gasteiger partial charge in [0.2, 0.25) is 0 Å². The Labute approximate surface area is 241 Å². The lowest BCUT2D eigenvalue weighted by molar-refractivity contribution is 0.0818. The van der Waals surface area contributed by atoms with Gasteiger partial charge in [-0.2, -0.15) is 0 Å². The number of hydrogen-bond donors (Lipinski definition) is 1. The third-order valence-corrected chi connectivity index (χ3v) is 8.25. The molecule has 0 spiro atoms. The summed E-state index contributed by atoms with van der Waals surface area (Å²) in [7, 11) is 0. The van der Waals surface area contributed by atoms with Crippen molar-refractivity contribution in [2.75, 3.05) is 42.9 Å². The summed E-state index contributed by atoms with van der Waals surface area (Å²) in [4.78, 5) is 36.9. The van der Waals surface area contributed by atoms with Gasteiger partial charge in [-0.15, -0.1) is 0 Å². The third kappa shape index (κ3) is 6.06. The molecule has 1 fully saturated rings. The molecule has 5 rings (SSSR count). The molecule has 1 N–H and O–H groups in total. The van der Waals surface area contributed by atoms with Crippen LogP contribution >= 0.6 is 11.6 Å². The molecule has 2 aromatic carbocycles. The van der Waals surface area contributed by atoms with Crippen LogP contribution in [0.1, 0.15) is 39.2 Å². The molecule has 0 bridgehead atoms. The Bertz CT molecular complexity index is 1430. The maximum absolute atomic E-state index is 13.4. The first-order valence-electron chi connectivity index (χ1n) is 13.8. The standard InChI is InChI=1S/C32H36ClN5O2/c1-21-6-9-27(10-7-21)35-32(40)38(28-11-8-22(2)29(33)16-28)15-5-14-36-17-25-19-37(20-26(25)18-36)31(39)30-23(3)12-13-34-24(30)4/h6-13,16,19,26H,5,14-15,17-18,20H2,1-4H3,(H,35,40). The Hall–Kier alpha value is -3.68. The molecular formula is C32H36ClN5O2. The number of pyridine rings is 1. The Morgan fingerprint density at radius 3 is 2.50 bits per heavy atom. The van der Waals surface area contributed by atoms with Crippen LogP contribution < -0.4 is 10.2 Å². The first-order chi connectivity index (χ1) is 19.2. The fourth-order valence-corrected chi connectivity index (χ4v) is 5.72. The number of aromatic nitrogens is 1. The van der Waals surface area contributed by atoms with Crippen LogP contribution in [-0.2, 0) is 0 Å². The zero-order chi connectivity index (χ0) is 28.4. The molecule has 0 radical (unpaired) electrons. The summed E-state index contributed by atoms with van der Waals surface area (Å²) in [6.07, 6.45) is 4.59. The molecule has 3 amide bonds. The number of likely N-dealkylation sites (tertiary alicyclic amines) is 1. The number of amides is 3. The lowest BCUT2D eigenvalue weighted by Crippen LogP contribution is -2.37. The summed E-state index contributed by atoms with van der Waals surface area (Å²) in [6.45, 7) is 11.7. The molecule has 0 saturated carbocycles. The summed E-state index contributed by atoms with van der Waals surface area (Å²) in [6, 6.07) is 15.2. The van der Waals surface area contributed by atoms with E-state index in [0.29, 0.717) is 29.6 Å². The van der Waals surface area contributed by atoms with Gasteiger partial charge in [0.1, 0.15) is 0 Å². The van der Waals surface area contributed by atoms with E-state index in [9.17, 15) is 9.59 Å². The molecule has 1 atom stereocenters. The number of anilines is 2. The minimum Gasteiger partial charge on any atom is -0.314 e. The second kappa shape index (κ2) is 11.8. The minimum absolute atomic E-state index is 0.0311. The Morgan fingerprint density at radius 1 is 1.02 bits per heavy atom. The van der Waals surface area contributed by atoms with Crippen molar-refractivity contribution < 1.29 is 9.59 Å². The van der Waals surface area contributed by atoms with Gasteiger partial charge in [-0.3, -0.25) is 19.6 Å². The number of aryl methyl sites for hydroxylation is 4. The number of carbonyl (C=O) groups is 2. The number of benzene rings is 2. The van der Waals surface area contributed by atoms with E-state index in [-0.39, 0.29) is 11.9 Å². The van der Waals surface area contributed by atoms with Crippen LogP contribution in [0.4, 0.5) is 16.2 Å². The summed E-state index contributed by atoms with van der Waals surface area (Å²) < 4.78 is 0. The van der Waals surface area contributed by atoms with Crippen LogP contribution in [0.3, 0.4) is 0 Å². The van der Waals surface area contributed by atoms with Crippen molar-refractivity contribution in [2.24, 2.45) is 5.92 Å². The largest absolute Gasteiger partial charge is 0.326 e. The molecule has 2 aliphatic heterocycles. The molecule has 8 heteroatoms. The Morgan fingerprint density at radius 2 is 1.80 bits per heavy atom. The average molecular weight is 558 g/mol. The fourth-order valence-electron chi connectivity index (χ4n) is 5.54. The van der Waals surface area contributed by atoms with Crippen LogP contribution in [0.15, 0.2) is 66.5 Å². The number of fused-ring (bicyclic) bond motifs is 1. The fraction of sp³-hybridized carbons (Fsp3) is 0.344. The highest BCUT2D eigenvalue weighted by molar-refractivity contribution is 6.31. The molecule has 1 unspecified atom stereocenters. The van der Waals surface area contributed by atoms with E-state index in [1.807, 2.05) is 87.3 Å². The second-order valence-corrected chi connectivity index (χ2v) is 11.3. The van der Waals surface area contributed by atoms with Gasteiger partial charge < -0.3 is 10.2 Å². The lowest BCUT2D eigenvalue weighted by Gasteiger charge is -2.25. The van der Waals surface area contributed by atoms with E-state index in [0.717, 1.165) is 59.8 Å². The zero-order valence-electron chi connectivity index (χ0n) is 23.6. The van der Waals surface area contributed by atoms with Crippen molar-refractivity contribution >= 4 is 34.9 Å². The van der Waals surface area contributed by atoms with E-state index < -0.39 is 0 Å². The monoisotopic (exact) mass is 557 g/mol. The Balaban J connectivity index is 1.21. The van der Waals surface area contributed by atoms with Gasteiger partial charge in [0.25, 0.3) is 5.91 Å². The van der Waals surface area contributed by atoms with Crippen molar-refractivity contribution in [3.8, 4) is 0 Å². The Kier molecular flexibility index (Phi) is 8.24. The molecule has 3 aromatic rings. The molecule has 1 aromatic heterocycles. The maximum Gasteiger partial charge on any atom is 0.326 e. The van der Waals surface area contributed by atoms with Crippen molar-refractivity contribution in [3.63, 3.8) is 0 Å². The van der Waals surface area contributed by atoms with E-state index >= 15 is 0 Å². The molecule has 0 aliphatic carbocycles. The highest BCUT2D eigenvalue weighted by Gasteiger charge is 2.36. The summed E-state index contributed by atoms with van der Waals surface area (Å²) in [5, 5.41) is 3.67. The predicted octanol–water partition coefficient (Wildman–Crippen LogP) is 6.37. The molecule has 1 saturated heterocycles. The smallest absolute Gasteiger partial charge is 0.314 e. The van der Waals surface area contributed by atoms with Crippen LogP contribution in [0.5, 0.6) is 0 Å². The van der Waals surface area contributed by atoms with Gasteiger partial charge >= 0.3 is 6.03 Å². The van der Waals surface area contributed by atoms with E-state index in [1.165, 1.54) is 5.57 Å². The molecule has 208 valence electrons. The number of halogens is 1. The molecular weight excluding hydrogens is 522 g/mol. The van der Waals surface area contributed by atoms with Gasteiger partial charge in [-0.05, 0) is 81.1 Å². The van der Waals surface area contributed by atoms with Gasteiger partial charge in [0.15, 0.2) is 0 Å². The highest BCUT2D eigenvalue weighted by atomic mass is 35.5. The summed E-state index contributed by atoms with van der Waals surface area (Å²) in [5.74, 6) is 0.376. The topological polar surface area (TPSA) is 68.8 Å². The predicted molar refractivity (Wildman–Crippen MR) is 161 cm³/mol. The highest BCUT2D eigenvalue weighted by Crippen LogP contribution is 2.31. The number of rotatable bonds is 7. The first kappa shape index (κ1) is 27.9. The second-order valence-electron chi connectivity index (χ2n) is 10.9. The van der Waals surface area contributed by atoms with Crippen LogP contribution in [0.25, 0.3) is 0 Å². The van der Waals surface area contributed by atoms with Gasteiger partial charge in [-0.1, -0.05) is 35.4 Å². The number of carbonyl (C=O) groups excluding carboxylic acids is 2. The summed E-state index contributed by atoms with van der Waals surface area (Å²) in [5.41, 5.74) is 7.38. The number of nitrogens with one attached hydrogen (secondary N) is 1. The van der Waals surface area contributed by atoms with E-state index in [4.69, 9.17) is 11.6 Å². The van der Waals surface area contributed by atoms with E-state index in [2.05, 4.69) is 15.2 Å². The lowest BCUT2D eigenvalue weighted by atomic mass is 10.1. The van der Waals surface area contributed by atoms with Crippen molar-refractivity contribution in [1.29, 1.82) is 0 Å². The zero-order valence-corrected chi connectivity index (χ0v) is 24.3. The van der Waals surface area contributed by atoms with Gasteiger partial charge in [-0.25, -0.2) is 4.79 Å². The van der Waals surface area contributed by atoms with Gasteiger partial charge in [0.05, 0.1) is 11.3 Å². The van der Waals surface area contributed by atoms with Crippen LogP contribution in [0.2, 0.25) is 5.02 Å². The van der Waals surface area contributed by atoms with Crippen LogP contribution in [-0.4, -0.2) is 59.4 Å². The van der Waals surface area contributed by atoms with Crippen molar-refractivity contribution in [2.45, 2.75) is 34.1 Å². The average Bonchev–Trinajstić information content (AvgIpc) is 3.49. The SMILES string of the molecule is Cc1ccc(NC(=O)N(CCCN2CC3=CN(C(=O)c4c(C)ccnc4C)CC3C2)c2ccc(C)c(Cl)c2)cc1. The number of hydrogen-bond acceptors (Lipinski definition) is 4. The van der Waals surface area contributed by atoms with Crippen LogP contribution in [0, 0.1) is 33.6 Å². The molecule has 7 nitrogen and oxygen atoms in total. The number of urea groups is 1. The molecule has 40 heavy (non-hydrogen) atoms. The van der Waals surface area contributed by atoms with Gasteiger partial charge in [0, 0.05) is 67.4 Å². The molecule has 3 heterocycles. The minimum atomic E-state index is -0.181. The summed E-state index contributed by atoms with van der Waals surface area (Å²) >= 11 is 6.42. The normalized spacial score (nSPS) is 16.6. The van der Waals surface area contributed by atoms with E-state index in [1.54, 1.807) is 11.1 Å². The third-order valence-electron chi connectivity index (χ3n) is 7.84.